The summed E-state index contributed by atoms with van der Waals surface area (Å²) in [6, 6.07) is 47.0. The second-order valence-electron chi connectivity index (χ2n) is 18.1. The zero-order valence-corrected chi connectivity index (χ0v) is 40.2. The van der Waals surface area contributed by atoms with Gasteiger partial charge < -0.3 is 10.6 Å². The Morgan fingerprint density at radius 2 is 0.500 bits per heavy atom. The van der Waals surface area contributed by atoms with E-state index < -0.39 is 47.0 Å². The lowest BCUT2D eigenvalue weighted by Crippen LogP contribution is -2.04. The highest BCUT2D eigenvalue weighted by Crippen LogP contribution is 2.47. The van der Waals surface area contributed by atoms with E-state index in [2.05, 4.69) is 20.6 Å². The molecule has 0 saturated carbocycles. The molecule has 0 aliphatic rings. The van der Waals surface area contributed by atoms with Crippen LogP contribution in [0.15, 0.2) is 219 Å². The van der Waals surface area contributed by atoms with Crippen LogP contribution in [0.4, 0.5) is 75.4 Å². The van der Waals surface area contributed by atoms with Crippen LogP contribution >= 0.6 is 0 Å². The number of rotatable bonds is 11. The summed E-state index contributed by atoms with van der Waals surface area (Å²) in [6.07, 6.45) is -12.2. The van der Waals surface area contributed by atoms with E-state index in [1.54, 1.807) is 73.3 Å². The minimum atomic E-state index is -4.60. The van der Waals surface area contributed by atoms with Crippen molar-refractivity contribution in [2.75, 3.05) is 10.6 Å². The monoisotopic (exact) mass is 1070 g/mol. The van der Waals surface area contributed by atoms with Gasteiger partial charge in [-0.15, -0.1) is 0 Å². The molecular weight excluding hydrogens is 1030 g/mol. The number of hydrogen-bond acceptors (Lipinski definition) is 4. The maximum Gasteiger partial charge on any atom is 0.416 e. The molecule has 0 aliphatic heterocycles. The molecule has 0 bridgehead atoms. The maximum atomic E-state index is 13.7. The standard InChI is InChI=1S/C62H38F12N4/c63-59(64,65)45-17-5-39(6-18-45)53-31-51(32-54(57(53)43-3-1-29-75-35-43)40-7-19-46(20-8-40)60(66,67)68)77-49-25-13-37(14-26-49)38-15-27-50(28-16-38)78-52-33-55(41-9-21-47(22-10-41)61(69,70)71)58(44-4-2-30-76-36-44)56(34-52)42-11-23-48(24-12-42)62(72,73)74/h1-36,77-78H. The van der Waals surface area contributed by atoms with Gasteiger partial charge in [-0.05, 0) is 176 Å². The molecule has 2 N–H and O–H groups in total. The van der Waals surface area contributed by atoms with Crippen molar-refractivity contribution in [2.24, 2.45) is 0 Å². The lowest BCUT2D eigenvalue weighted by Gasteiger charge is -2.20. The molecule has 390 valence electrons. The first-order valence-corrected chi connectivity index (χ1v) is 23.8. The van der Waals surface area contributed by atoms with Crippen molar-refractivity contribution in [3.05, 3.63) is 241 Å². The Bertz CT molecular complexity index is 3300. The van der Waals surface area contributed by atoms with Crippen LogP contribution in [-0.4, -0.2) is 9.97 Å². The van der Waals surface area contributed by atoms with E-state index in [1.807, 2.05) is 48.5 Å². The average Bonchev–Trinajstić information content (AvgIpc) is 3.51. The molecule has 16 heteroatoms. The summed E-state index contributed by atoms with van der Waals surface area (Å²) in [4.78, 5) is 8.51. The quantitative estimate of drug-likeness (QED) is 0.127. The van der Waals surface area contributed by atoms with E-state index >= 15 is 0 Å². The van der Waals surface area contributed by atoms with Crippen molar-refractivity contribution in [3.63, 3.8) is 0 Å². The first-order valence-electron chi connectivity index (χ1n) is 23.8. The third-order valence-electron chi connectivity index (χ3n) is 13.0. The van der Waals surface area contributed by atoms with Gasteiger partial charge in [-0.25, -0.2) is 0 Å². The van der Waals surface area contributed by atoms with Gasteiger partial charge in [-0.3, -0.25) is 9.97 Å². The molecule has 8 aromatic carbocycles. The highest BCUT2D eigenvalue weighted by Gasteiger charge is 2.33. The first kappa shape index (κ1) is 52.3. The predicted octanol–water partition coefficient (Wildman–Crippen LogP) is 19.7. The highest BCUT2D eigenvalue weighted by atomic mass is 19.4. The lowest BCUT2D eigenvalue weighted by molar-refractivity contribution is -0.138. The van der Waals surface area contributed by atoms with Crippen LogP contribution in [0.1, 0.15) is 22.3 Å². The molecular formula is C62H38F12N4. The molecule has 0 radical (unpaired) electrons. The molecule has 2 aromatic heterocycles. The van der Waals surface area contributed by atoms with E-state index in [0.717, 1.165) is 59.7 Å². The Balaban J connectivity index is 0.978. The number of benzene rings is 8. The minimum absolute atomic E-state index is 0.410. The summed E-state index contributed by atoms with van der Waals surface area (Å²) in [5.41, 5.74) is 6.12. The number of nitrogens with zero attached hydrogens (tertiary/aromatic N) is 2. The lowest BCUT2D eigenvalue weighted by atomic mass is 9.87. The van der Waals surface area contributed by atoms with E-state index in [4.69, 9.17) is 0 Å². The van der Waals surface area contributed by atoms with Gasteiger partial charge in [0.05, 0.1) is 22.3 Å². The highest BCUT2D eigenvalue weighted by molar-refractivity contribution is 5.99. The number of halogens is 12. The zero-order chi connectivity index (χ0) is 55.0. The van der Waals surface area contributed by atoms with Gasteiger partial charge in [-0.1, -0.05) is 84.9 Å². The van der Waals surface area contributed by atoms with Crippen LogP contribution < -0.4 is 10.6 Å². The molecule has 0 spiro atoms. The van der Waals surface area contributed by atoms with E-state index in [-0.39, 0.29) is 0 Å². The normalized spacial score (nSPS) is 12.1. The summed E-state index contributed by atoms with van der Waals surface area (Å²) >= 11 is 0. The number of alkyl halides is 12. The SMILES string of the molecule is FC(F)(F)c1ccc(-c2cc(Nc3ccc(-c4ccc(Nc5cc(-c6ccc(C(F)(F)F)cc6)c(-c6cccnc6)c(-c6ccc(C(F)(F)F)cc6)c5)cc4)cc3)cc(-c3ccc(C(F)(F)F)cc3)c2-c2cccnc2)cc1. The number of hydrogen-bond donors (Lipinski definition) is 2. The van der Waals surface area contributed by atoms with Gasteiger partial charge in [0, 0.05) is 58.7 Å². The summed E-state index contributed by atoms with van der Waals surface area (Å²) in [6.45, 7) is 0. The van der Waals surface area contributed by atoms with E-state index in [0.29, 0.717) is 89.5 Å². The fourth-order valence-corrected chi connectivity index (χ4v) is 9.16. The molecule has 2 heterocycles. The summed E-state index contributed by atoms with van der Waals surface area (Å²) in [5, 5.41) is 6.73. The Kier molecular flexibility index (Phi) is 13.9. The van der Waals surface area contributed by atoms with Crippen LogP contribution in [0.25, 0.3) is 77.9 Å². The second-order valence-corrected chi connectivity index (χ2v) is 18.1. The van der Waals surface area contributed by atoms with Gasteiger partial charge in [0.25, 0.3) is 0 Å². The zero-order valence-electron chi connectivity index (χ0n) is 40.2. The Morgan fingerprint density at radius 1 is 0.256 bits per heavy atom. The molecule has 78 heavy (non-hydrogen) atoms. The predicted molar refractivity (Wildman–Crippen MR) is 280 cm³/mol. The molecule has 10 rings (SSSR count). The smallest absolute Gasteiger partial charge is 0.355 e. The molecule has 10 aromatic rings. The van der Waals surface area contributed by atoms with Crippen molar-refractivity contribution >= 4 is 22.7 Å². The van der Waals surface area contributed by atoms with Gasteiger partial charge in [0.15, 0.2) is 0 Å². The number of anilines is 4. The Morgan fingerprint density at radius 3 is 0.718 bits per heavy atom. The van der Waals surface area contributed by atoms with Crippen LogP contribution in [0.3, 0.4) is 0 Å². The molecule has 0 amide bonds. The summed E-state index contributed by atoms with van der Waals surface area (Å²) in [5.74, 6) is 0. The van der Waals surface area contributed by atoms with Crippen LogP contribution in [0, 0.1) is 0 Å². The van der Waals surface area contributed by atoms with Crippen LogP contribution in [0.5, 0.6) is 0 Å². The van der Waals surface area contributed by atoms with Gasteiger partial charge in [0.1, 0.15) is 0 Å². The topological polar surface area (TPSA) is 49.8 Å². The Hall–Kier alpha value is -9.18. The maximum absolute atomic E-state index is 13.7. The van der Waals surface area contributed by atoms with Gasteiger partial charge in [-0.2, -0.15) is 52.7 Å². The summed E-state index contributed by atoms with van der Waals surface area (Å²) < 4.78 is 164. The fraction of sp³-hybridized carbons (Fsp3) is 0.0645. The minimum Gasteiger partial charge on any atom is -0.355 e. The van der Waals surface area contributed by atoms with Crippen LogP contribution in [-0.2, 0) is 24.7 Å². The molecule has 0 fully saturated rings. The second kappa shape index (κ2) is 20.7. The third kappa shape index (κ3) is 11.5. The molecule has 0 atom stereocenters. The van der Waals surface area contributed by atoms with Gasteiger partial charge >= 0.3 is 24.7 Å². The summed E-state index contributed by atoms with van der Waals surface area (Å²) in [7, 11) is 0. The largest absolute Gasteiger partial charge is 0.416 e. The molecule has 4 nitrogen and oxygen atoms in total. The fourth-order valence-electron chi connectivity index (χ4n) is 9.16. The van der Waals surface area contributed by atoms with Crippen molar-refractivity contribution in [2.45, 2.75) is 24.7 Å². The van der Waals surface area contributed by atoms with E-state index in [9.17, 15) is 52.7 Å². The number of pyridine rings is 2. The molecule has 0 aliphatic carbocycles. The van der Waals surface area contributed by atoms with Crippen molar-refractivity contribution in [3.8, 4) is 77.9 Å². The third-order valence-corrected chi connectivity index (χ3v) is 13.0. The molecule has 0 saturated heterocycles. The van der Waals surface area contributed by atoms with Crippen molar-refractivity contribution < 1.29 is 52.7 Å². The van der Waals surface area contributed by atoms with Crippen molar-refractivity contribution in [1.29, 1.82) is 0 Å². The molecule has 0 unspecified atom stereocenters. The number of nitrogens with one attached hydrogen (secondary N) is 2. The van der Waals surface area contributed by atoms with Crippen LogP contribution in [0.2, 0.25) is 0 Å². The van der Waals surface area contributed by atoms with Crippen molar-refractivity contribution in [1.82, 2.24) is 9.97 Å². The van der Waals surface area contributed by atoms with E-state index in [1.165, 1.54) is 48.5 Å². The van der Waals surface area contributed by atoms with Gasteiger partial charge in [0.2, 0.25) is 0 Å². The first-order chi connectivity index (χ1) is 37.2. The Labute approximate surface area is 438 Å². The average molecular weight is 1070 g/mol. The number of aromatic nitrogens is 2.